The molecule has 4 nitrogen and oxygen atoms in total. The lowest BCUT2D eigenvalue weighted by atomic mass is 10.3. The molecule has 1 N–H and O–H groups in total. The lowest BCUT2D eigenvalue weighted by molar-refractivity contribution is 0.193. The van der Waals surface area contributed by atoms with Crippen molar-refractivity contribution in [2.24, 2.45) is 0 Å². The van der Waals surface area contributed by atoms with Crippen LogP contribution in [0.25, 0.3) is 5.69 Å². The fraction of sp³-hybridized carbons (Fsp3) is 0.250. The maximum atomic E-state index is 5.83. The van der Waals surface area contributed by atoms with Crippen LogP contribution >= 0.6 is 11.6 Å². The Kier molecular flexibility index (Phi) is 3.66. The summed E-state index contributed by atoms with van der Waals surface area (Å²) < 4.78 is 7.31. The molecular formula is C12H14ClN3O. The first kappa shape index (κ1) is 12.0. The molecule has 2 rings (SSSR count). The van der Waals surface area contributed by atoms with Crippen LogP contribution in [0.15, 0.2) is 36.7 Å². The van der Waals surface area contributed by atoms with Crippen LogP contribution in [0.2, 0.25) is 5.02 Å². The summed E-state index contributed by atoms with van der Waals surface area (Å²) in [7, 11) is 1.84. The summed E-state index contributed by atoms with van der Waals surface area (Å²) >= 11 is 5.83. The lowest BCUT2D eigenvalue weighted by Crippen LogP contribution is -2.27. The van der Waals surface area contributed by atoms with E-state index in [9.17, 15) is 0 Å². The van der Waals surface area contributed by atoms with Crippen molar-refractivity contribution in [1.29, 1.82) is 0 Å². The maximum Gasteiger partial charge on any atom is 0.160 e. The van der Waals surface area contributed by atoms with Gasteiger partial charge in [-0.1, -0.05) is 11.6 Å². The van der Waals surface area contributed by atoms with Gasteiger partial charge in [-0.15, -0.1) is 0 Å². The molecule has 0 aliphatic heterocycles. The predicted molar refractivity (Wildman–Crippen MR) is 67.7 cm³/mol. The molecule has 0 bridgehead atoms. The normalized spacial score (nSPS) is 12.4. The summed E-state index contributed by atoms with van der Waals surface area (Å²) in [5.74, 6) is 0.724. The Morgan fingerprint density at radius 1 is 1.35 bits per heavy atom. The van der Waals surface area contributed by atoms with Crippen molar-refractivity contribution < 1.29 is 4.74 Å². The first-order valence-corrected chi connectivity index (χ1v) is 5.71. The second-order valence-electron chi connectivity index (χ2n) is 3.65. The van der Waals surface area contributed by atoms with E-state index < -0.39 is 0 Å². The number of nitrogens with one attached hydrogen (secondary N) is 1. The van der Waals surface area contributed by atoms with Crippen molar-refractivity contribution in [2.45, 2.75) is 13.2 Å². The molecule has 0 radical (unpaired) electrons. The number of halogens is 1. The molecule has 1 heterocycles. The summed E-state index contributed by atoms with van der Waals surface area (Å²) in [6, 6.07) is 7.46. The van der Waals surface area contributed by atoms with Crippen LogP contribution in [0.4, 0.5) is 0 Å². The highest BCUT2D eigenvalue weighted by molar-refractivity contribution is 6.30. The van der Waals surface area contributed by atoms with Gasteiger partial charge in [-0.05, 0) is 38.2 Å². The van der Waals surface area contributed by atoms with Gasteiger partial charge in [-0.3, -0.25) is 5.32 Å². The van der Waals surface area contributed by atoms with Gasteiger partial charge in [0.25, 0.3) is 0 Å². The van der Waals surface area contributed by atoms with Crippen LogP contribution in [0.1, 0.15) is 6.92 Å². The highest BCUT2D eigenvalue weighted by Crippen LogP contribution is 2.16. The Hall–Kier alpha value is -1.52. The van der Waals surface area contributed by atoms with E-state index in [4.69, 9.17) is 16.3 Å². The van der Waals surface area contributed by atoms with Gasteiger partial charge in [0.2, 0.25) is 0 Å². The van der Waals surface area contributed by atoms with E-state index in [2.05, 4.69) is 10.4 Å². The minimum Gasteiger partial charge on any atom is -0.472 e. The largest absolute Gasteiger partial charge is 0.472 e. The average molecular weight is 252 g/mol. The molecule has 1 unspecified atom stereocenters. The fourth-order valence-electron chi connectivity index (χ4n) is 1.37. The SMILES string of the molecule is CNC(C)Oc1cnn(-c2ccc(Cl)cc2)c1. The van der Waals surface area contributed by atoms with Gasteiger partial charge >= 0.3 is 0 Å². The van der Waals surface area contributed by atoms with Crippen LogP contribution in [0, 0.1) is 0 Å². The van der Waals surface area contributed by atoms with E-state index in [1.165, 1.54) is 0 Å². The molecule has 1 atom stereocenters. The molecule has 0 amide bonds. The van der Waals surface area contributed by atoms with Crippen LogP contribution in [-0.4, -0.2) is 23.1 Å². The summed E-state index contributed by atoms with van der Waals surface area (Å²) in [5.41, 5.74) is 0.946. The number of ether oxygens (including phenoxy) is 1. The number of aromatic nitrogens is 2. The van der Waals surface area contributed by atoms with Crippen molar-refractivity contribution in [3.63, 3.8) is 0 Å². The van der Waals surface area contributed by atoms with Gasteiger partial charge in [0.15, 0.2) is 5.75 Å². The molecule has 90 valence electrons. The molecule has 0 saturated carbocycles. The van der Waals surface area contributed by atoms with Gasteiger partial charge < -0.3 is 4.74 Å². The first-order valence-electron chi connectivity index (χ1n) is 5.33. The standard InChI is InChI=1S/C12H14ClN3O/c1-9(14-2)17-12-7-15-16(8-12)11-5-3-10(13)4-6-11/h3-9,14H,1-2H3. The second-order valence-corrected chi connectivity index (χ2v) is 4.08. The van der Waals surface area contributed by atoms with Crippen molar-refractivity contribution in [3.05, 3.63) is 41.7 Å². The van der Waals surface area contributed by atoms with Gasteiger partial charge in [-0.25, -0.2) is 4.68 Å². The Labute approximate surface area is 105 Å². The van der Waals surface area contributed by atoms with E-state index in [1.54, 1.807) is 10.9 Å². The molecule has 1 aromatic carbocycles. The summed E-state index contributed by atoms with van der Waals surface area (Å²) in [6.07, 6.45) is 3.47. The number of rotatable bonds is 4. The molecule has 5 heteroatoms. The molecule has 1 aromatic heterocycles. The Morgan fingerprint density at radius 2 is 2.06 bits per heavy atom. The molecule has 17 heavy (non-hydrogen) atoms. The lowest BCUT2D eigenvalue weighted by Gasteiger charge is -2.10. The Morgan fingerprint density at radius 3 is 2.71 bits per heavy atom. The van der Waals surface area contributed by atoms with Crippen LogP contribution in [0.5, 0.6) is 5.75 Å². The van der Waals surface area contributed by atoms with Gasteiger partial charge in [0.1, 0.15) is 6.23 Å². The first-order chi connectivity index (χ1) is 8.19. The third-order valence-corrected chi connectivity index (χ3v) is 2.62. The number of hydrogen-bond acceptors (Lipinski definition) is 3. The zero-order valence-electron chi connectivity index (χ0n) is 9.72. The van der Waals surface area contributed by atoms with E-state index in [-0.39, 0.29) is 6.23 Å². The molecule has 0 saturated heterocycles. The third-order valence-electron chi connectivity index (χ3n) is 2.37. The Balaban J connectivity index is 2.15. The molecular weight excluding hydrogens is 238 g/mol. The second kappa shape index (κ2) is 5.21. The van der Waals surface area contributed by atoms with Crippen LogP contribution in [0.3, 0.4) is 0 Å². The number of benzene rings is 1. The van der Waals surface area contributed by atoms with E-state index in [0.717, 1.165) is 11.4 Å². The zero-order chi connectivity index (χ0) is 12.3. The van der Waals surface area contributed by atoms with Crippen molar-refractivity contribution in [3.8, 4) is 11.4 Å². The highest BCUT2D eigenvalue weighted by Gasteiger charge is 2.04. The van der Waals surface area contributed by atoms with Gasteiger partial charge in [-0.2, -0.15) is 5.10 Å². The van der Waals surface area contributed by atoms with Crippen LogP contribution in [-0.2, 0) is 0 Å². The monoisotopic (exact) mass is 251 g/mol. The summed E-state index contributed by atoms with van der Waals surface area (Å²) in [4.78, 5) is 0. The highest BCUT2D eigenvalue weighted by atomic mass is 35.5. The summed E-state index contributed by atoms with van der Waals surface area (Å²) in [6.45, 7) is 1.93. The van der Waals surface area contributed by atoms with Crippen LogP contribution < -0.4 is 10.1 Å². The minimum absolute atomic E-state index is 0.0436. The Bertz CT molecular complexity index is 481. The molecule has 2 aromatic rings. The van der Waals surface area contributed by atoms with E-state index in [1.807, 2.05) is 44.4 Å². The average Bonchev–Trinajstić information content (AvgIpc) is 2.78. The van der Waals surface area contributed by atoms with Gasteiger partial charge in [0, 0.05) is 5.02 Å². The van der Waals surface area contributed by atoms with Crippen molar-refractivity contribution in [1.82, 2.24) is 15.1 Å². The topological polar surface area (TPSA) is 39.1 Å². The quantitative estimate of drug-likeness (QED) is 0.849. The third kappa shape index (κ3) is 2.99. The van der Waals surface area contributed by atoms with E-state index in [0.29, 0.717) is 5.02 Å². The van der Waals surface area contributed by atoms with Crippen molar-refractivity contribution >= 4 is 11.6 Å². The van der Waals surface area contributed by atoms with Crippen molar-refractivity contribution in [2.75, 3.05) is 7.05 Å². The molecule has 0 spiro atoms. The minimum atomic E-state index is -0.0436. The smallest absolute Gasteiger partial charge is 0.160 e. The molecule has 0 aliphatic carbocycles. The fourth-order valence-corrected chi connectivity index (χ4v) is 1.49. The molecule has 0 aliphatic rings. The van der Waals surface area contributed by atoms with Gasteiger partial charge in [0.05, 0.1) is 18.1 Å². The summed E-state index contributed by atoms with van der Waals surface area (Å²) in [5, 5.41) is 7.93. The predicted octanol–water partition coefficient (Wildman–Crippen LogP) is 2.47. The maximum absolute atomic E-state index is 5.83. The number of hydrogen-bond donors (Lipinski definition) is 1. The molecule has 0 fully saturated rings. The van der Waals surface area contributed by atoms with E-state index >= 15 is 0 Å². The number of nitrogens with zero attached hydrogens (tertiary/aromatic N) is 2. The zero-order valence-corrected chi connectivity index (χ0v) is 10.5.